The van der Waals surface area contributed by atoms with Gasteiger partial charge in [-0.3, -0.25) is 14.6 Å². The smallest absolute Gasteiger partial charge is 0.406 e. The average molecular weight is 485 g/mol. The van der Waals surface area contributed by atoms with Crippen molar-refractivity contribution >= 4 is 32.7 Å². The molecule has 0 atom stereocenters. The maximum Gasteiger partial charge on any atom is 0.573 e. The predicted molar refractivity (Wildman–Crippen MR) is 115 cm³/mol. The summed E-state index contributed by atoms with van der Waals surface area (Å²) >= 11 is 1.13. The predicted octanol–water partition coefficient (Wildman–Crippen LogP) is 4.12. The minimum atomic E-state index is -4.72. The number of aromatic nitrogens is 1. The molecule has 0 bridgehead atoms. The SMILES string of the molecule is O=S(=O)(Nc1cnccc1CN1CCN(c2ccc(OC(F)(F)F)cc2)C1)c1cccs1. The first-order chi connectivity index (χ1) is 15.2. The van der Waals surface area contributed by atoms with E-state index in [1.807, 2.05) is 4.90 Å². The van der Waals surface area contributed by atoms with Gasteiger partial charge in [-0.05, 0) is 47.3 Å². The molecule has 1 N–H and O–H groups in total. The lowest BCUT2D eigenvalue weighted by Crippen LogP contribution is -2.25. The molecule has 1 aliphatic rings. The third-order valence-corrected chi connectivity index (χ3v) is 7.56. The maximum atomic E-state index is 12.6. The monoisotopic (exact) mass is 484 g/mol. The second kappa shape index (κ2) is 8.96. The van der Waals surface area contributed by atoms with Crippen LogP contribution >= 0.6 is 11.3 Å². The van der Waals surface area contributed by atoms with E-state index in [-0.39, 0.29) is 9.96 Å². The number of hydrogen-bond acceptors (Lipinski definition) is 7. The topological polar surface area (TPSA) is 74.8 Å². The summed E-state index contributed by atoms with van der Waals surface area (Å²) in [6.45, 7) is 2.41. The number of benzene rings is 1. The molecule has 1 fully saturated rings. The van der Waals surface area contributed by atoms with Crippen molar-refractivity contribution in [2.75, 3.05) is 29.4 Å². The van der Waals surface area contributed by atoms with Crippen LogP contribution in [0.15, 0.2) is 64.4 Å². The van der Waals surface area contributed by atoms with Gasteiger partial charge < -0.3 is 9.64 Å². The number of pyridine rings is 1. The van der Waals surface area contributed by atoms with Gasteiger partial charge in [-0.15, -0.1) is 24.5 Å². The van der Waals surface area contributed by atoms with E-state index >= 15 is 0 Å². The standard InChI is InChI=1S/C20H19F3N4O3S2/c21-20(22,23)30-17-5-3-16(4-6-17)27-10-9-26(14-27)13-15-7-8-24-12-18(15)25-32(28,29)19-2-1-11-31-19/h1-8,11-12,25H,9-10,13-14H2. The first-order valence-corrected chi connectivity index (χ1v) is 11.9. The van der Waals surface area contributed by atoms with Crippen molar-refractivity contribution in [1.82, 2.24) is 9.88 Å². The van der Waals surface area contributed by atoms with Crippen LogP contribution < -0.4 is 14.4 Å². The molecular weight excluding hydrogens is 465 g/mol. The maximum absolute atomic E-state index is 12.6. The number of nitrogens with one attached hydrogen (secondary N) is 1. The van der Waals surface area contributed by atoms with E-state index in [0.717, 1.165) is 22.6 Å². The summed E-state index contributed by atoms with van der Waals surface area (Å²) in [5.74, 6) is -0.267. The summed E-state index contributed by atoms with van der Waals surface area (Å²) in [5.41, 5.74) is 1.96. The molecule has 0 saturated carbocycles. The lowest BCUT2D eigenvalue weighted by Gasteiger charge is -2.21. The molecule has 170 valence electrons. The Kier molecular flexibility index (Phi) is 6.26. The van der Waals surface area contributed by atoms with Gasteiger partial charge in [0.1, 0.15) is 9.96 Å². The van der Waals surface area contributed by atoms with E-state index in [2.05, 4.69) is 19.3 Å². The van der Waals surface area contributed by atoms with Crippen molar-refractivity contribution in [3.8, 4) is 5.75 Å². The Labute approximate surface area is 187 Å². The quantitative estimate of drug-likeness (QED) is 0.544. The molecule has 0 spiro atoms. The van der Waals surface area contributed by atoms with Crippen LogP contribution in [0.25, 0.3) is 0 Å². The molecule has 7 nitrogen and oxygen atoms in total. The number of rotatable bonds is 7. The number of nitrogens with zero attached hydrogens (tertiary/aromatic N) is 3. The molecule has 3 aromatic rings. The molecule has 32 heavy (non-hydrogen) atoms. The molecule has 3 heterocycles. The Morgan fingerprint density at radius 3 is 2.59 bits per heavy atom. The van der Waals surface area contributed by atoms with Crippen LogP contribution in [0.2, 0.25) is 0 Å². The van der Waals surface area contributed by atoms with Crippen LogP contribution in [0.4, 0.5) is 24.5 Å². The fraction of sp³-hybridized carbons (Fsp3) is 0.250. The molecule has 0 aliphatic carbocycles. The summed E-state index contributed by atoms with van der Waals surface area (Å²) in [4.78, 5) is 8.17. The Hall–Kier alpha value is -2.83. The Morgan fingerprint density at radius 2 is 1.91 bits per heavy atom. The molecule has 4 rings (SSSR count). The van der Waals surface area contributed by atoms with Crippen molar-refractivity contribution in [1.29, 1.82) is 0 Å². The van der Waals surface area contributed by atoms with Crippen molar-refractivity contribution < 1.29 is 26.3 Å². The van der Waals surface area contributed by atoms with Gasteiger partial charge in [0.2, 0.25) is 0 Å². The zero-order valence-electron chi connectivity index (χ0n) is 16.6. The van der Waals surface area contributed by atoms with Crippen molar-refractivity contribution in [2.45, 2.75) is 17.1 Å². The van der Waals surface area contributed by atoms with Crippen LogP contribution in [-0.4, -0.2) is 44.4 Å². The van der Waals surface area contributed by atoms with Crippen LogP contribution in [0.1, 0.15) is 5.56 Å². The van der Waals surface area contributed by atoms with E-state index in [0.29, 0.717) is 32.0 Å². The van der Waals surface area contributed by atoms with Gasteiger partial charge in [-0.2, -0.15) is 0 Å². The van der Waals surface area contributed by atoms with Crippen molar-refractivity contribution in [2.24, 2.45) is 0 Å². The third kappa shape index (κ3) is 5.50. The van der Waals surface area contributed by atoms with Gasteiger partial charge in [-0.1, -0.05) is 6.07 Å². The number of alkyl halides is 3. The summed E-state index contributed by atoms with van der Waals surface area (Å²) < 4.78 is 68.9. The number of ether oxygens (including phenoxy) is 1. The van der Waals surface area contributed by atoms with Gasteiger partial charge in [0, 0.05) is 31.5 Å². The largest absolute Gasteiger partial charge is 0.573 e. The van der Waals surface area contributed by atoms with Crippen molar-refractivity contribution in [3.05, 3.63) is 65.8 Å². The Bertz CT molecular complexity index is 1150. The fourth-order valence-electron chi connectivity index (χ4n) is 3.35. The van der Waals surface area contributed by atoms with Crippen LogP contribution in [-0.2, 0) is 16.6 Å². The summed E-state index contributed by atoms with van der Waals surface area (Å²) in [6.07, 6.45) is -1.64. The van der Waals surface area contributed by atoms with Crippen molar-refractivity contribution in [3.63, 3.8) is 0 Å². The summed E-state index contributed by atoms with van der Waals surface area (Å²) in [6, 6.07) is 10.7. The molecule has 2 aromatic heterocycles. The van der Waals surface area contributed by atoms with Crippen LogP contribution in [0.3, 0.4) is 0 Å². The van der Waals surface area contributed by atoms with E-state index < -0.39 is 16.4 Å². The first kappa shape index (κ1) is 22.4. The van der Waals surface area contributed by atoms with E-state index in [4.69, 9.17) is 0 Å². The highest BCUT2D eigenvalue weighted by Gasteiger charge is 2.31. The minimum Gasteiger partial charge on any atom is -0.406 e. The first-order valence-electron chi connectivity index (χ1n) is 9.52. The van der Waals surface area contributed by atoms with E-state index in [1.165, 1.54) is 24.4 Å². The number of anilines is 2. The lowest BCUT2D eigenvalue weighted by molar-refractivity contribution is -0.274. The molecule has 1 aliphatic heterocycles. The Balaban J connectivity index is 1.41. The third-order valence-electron chi connectivity index (χ3n) is 4.80. The van der Waals surface area contributed by atoms with Gasteiger partial charge in [0.05, 0.1) is 18.6 Å². The molecule has 0 radical (unpaired) electrons. The zero-order chi connectivity index (χ0) is 22.8. The molecule has 0 amide bonds. The van der Waals surface area contributed by atoms with Crippen LogP contribution in [0.5, 0.6) is 5.75 Å². The number of halogens is 3. The highest BCUT2D eigenvalue weighted by Crippen LogP contribution is 2.28. The summed E-state index contributed by atoms with van der Waals surface area (Å²) in [5, 5.41) is 1.69. The van der Waals surface area contributed by atoms with E-state index in [1.54, 1.807) is 35.8 Å². The Morgan fingerprint density at radius 1 is 1.12 bits per heavy atom. The second-order valence-electron chi connectivity index (χ2n) is 7.07. The molecule has 12 heteroatoms. The average Bonchev–Trinajstić information content (AvgIpc) is 3.41. The van der Waals surface area contributed by atoms with Gasteiger partial charge in [0.15, 0.2) is 0 Å². The molecular formula is C20H19F3N4O3S2. The second-order valence-corrected chi connectivity index (χ2v) is 9.93. The highest BCUT2D eigenvalue weighted by atomic mass is 32.2. The molecule has 0 unspecified atom stereocenters. The van der Waals surface area contributed by atoms with Gasteiger partial charge in [0.25, 0.3) is 10.0 Å². The summed E-state index contributed by atoms with van der Waals surface area (Å²) in [7, 11) is -3.69. The van der Waals surface area contributed by atoms with Gasteiger partial charge in [-0.25, -0.2) is 8.42 Å². The lowest BCUT2D eigenvalue weighted by atomic mass is 10.2. The number of sulfonamides is 1. The normalized spacial score (nSPS) is 15.2. The molecule has 1 saturated heterocycles. The zero-order valence-corrected chi connectivity index (χ0v) is 18.3. The minimum absolute atomic E-state index is 0.220. The highest BCUT2D eigenvalue weighted by molar-refractivity contribution is 7.94. The fourth-order valence-corrected chi connectivity index (χ4v) is 5.43. The number of thiophene rings is 1. The van der Waals surface area contributed by atoms with E-state index in [9.17, 15) is 21.6 Å². The van der Waals surface area contributed by atoms with Crippen LogP contribution in [0, 0.1) is 0 Å². The number of hydrogen-bond donors (Lipinski definition) is 1. The molecule has 1 aromatic carbocycles. The van der Waals surface area contributed by atoms with Gasteiger partial charge >= 0.3 is 6.36 Å².